The van der Waals surface area contributed by atoms with Crippen LogP contribution in [0.4, 0.5) is 0 Å². The third-order valence-electron chi connectivity index (χ3n) is 3.80. The molecule has 1 aliphatic heterocycles. The Kier molecular flexibility index (Phi) is 5.04. The van der Waals surface area contributed by atoms with Crippen molar-refractivity contribution in [1.29, 1.82) is 0 Å². The molecule has 0 radical (unpaired) electrons. The Bertz CT molecular complexity index is 1000. The van der Waals surface area contributed by atoms with E-state index in [-0.39, 0.29) is 19.1 Å². The Morgan fingerprint density at radius 2 is 2.04 bits per heavy atom. The van der Waals surface area contributed by atoms with Crippen molar-refractivity contribution in [3.63, 3.8) is 0 Å². The molecule has 0 bridgehead atoms. The van der Waals surface area contributed by atoms with E-state index >= 15 is 0 Å². The van der Waals surface area contributed by atoms with Crippen LogP contribution in [0.15, 0.2) is 52.9 Å². The molecule has 27 heavy (non-hydrogen) atoms. The molecule has 0 aliphatic carbocycles. The summed E-state index contributed by atoms with van der Waals surface area (Å²) in [4.78, 5) is 16.6. The zero-order valence-electron chi connectivity index (χ0n) is 14.0. The van der Waals surface area contributed by atoms with Crippen molar-refractivity contribution < 1.29 is 14.3 Å². The second kappa shape index (κ2) is 7.77. The van der Waals surface area contributed by atoms with Crippen LogP contribution in [0, 0.1) is 0 Å². The number of aromatic nitrogens is 1. The van der Waals surface area contributed by atoms with Crippen molar-refractivity contribution in [1.82, 2.24) is 10.4 Å². The number of nitrogens with zero attached hydrogens (tertiary/aromatic N) is 2. The minimum absolute atomic E-state index is 0.148. The molecule has 0 unspecified atom stereocenters. The average molecular weight is 400 g/mol. The third-order valence-corrected chi connectivity index (χ3v) is 5.07. The van der Waals surface area contributed by atoms with Crippen LogP contribution in [-0.2, 0) is 11.2 Å². The molecule has 2 aromatic carbocycles. The summed E-state index contributed by atoms with van der Waals surface area (Å²) in [6.45, 7) is 0.168. The number of amides is 1. The number of carbonyl (C=O) groups is 1. The van der Waals surface area contributed by atoms with Crippen molar-refractivity contribution in [2.24, 2.45) is 5.10 Å². The van der Waals surface area contributed by atoms with Gasteiger partial charge in [-0.25, -0.2) is 10.4 Å². The summed E-state index contributed by atoms with van der Waals surface area (Å²) in [5.74, 6) is 0.940. The number of benzene rings is 2. The Balaban J connectivity index is 1.36. The molecule has 1 aromatic heterocycles. The van der Waals surface area contributed by atoms with Crippen molar-refractivity contribution in [2.75, 3.05) is 6.79 Å². The van der Waals surface area contributed by atoms with Gasteiger partial charge in [0.05, 0.1) is 23.4 Å². The zero-order valence-corrected chi connectivity index (χ0v) is 15.6. The number of hydrogen-bond donors (Lipinski definition) is 1. The molecule has 1 amide bonds. The second-order valence-electron chi connectivity index (χ2n) is 5.71. The van der Waals surface area contributed by atoms with Gasteiger partial charge in [0.25, 0.3) is 0 Å². The van der Waals surface area contributed by atoms with Crippen LogP contribution < -0.4 is 14.9 Å². The number of hydrogen-bond acceptors (Lipinski definition) is 6. The number of fused-ring (bicyclic) bond motifs is 1. The highest BCUT2D eigenvalue weighted by molar-refractivity contribution is 7.13. The molecule has 6 nitrogen and oxygen atoms in total. The highest BCUT2D eigenvalue weighted by Crippen LogP contribution is 2.36. The van der Waals surface area contributed by atoms with Crippen molar-refractivity contribution >= 4 is 35.1 Å². The van der Waals surface area contributed by atoms with E-state index in [1.54, 1.807) is 12.1 Å². The first-order valence-electron chi connectivity index (χ1n) is 8.10. The lowest BCUT2D eigenvalue weighted by atomic mass is 10.2. The first-order chi connectivity index (χ1) is 13.2. The van der Waals surface area contributed by atoms with E-state index in [0.717, 1.165) is 10.6 Å². The summed E-state index contributed by atoms with van der Waals surface area (Å²) < 4.78 is 10.6. The monoisotopic (exact) mass is 399 g/mol. The summed E-state index contributed by atoms with van der Waals surface area (Å²) in [6.07, 6.45) is 1.62. The molecule has 0 atom stereocenters. The molecule has 4 rings (SSSR count). The predicted octanol–water partition coefficient (Wildman–Crippen LogP) is 3.89. The molecule has 0 saturated carbocycles. The summed E-state index contributed by atoms with van der Waals surface area (Å²) >= 11 is 7.67. The second-order valence-corrected chi connectivity index (χ2v) is 6.97. The van der Waals surface area contributed by atoms with E-state index in [4.69, 9.17) is 21.1 Å². The van der Waals surface area contributed by atoms with Gasteiger partial charge in [-0.2, -0.15) is 5.10 Å². The standard InChI is InChI=1S/C19H14ClN3O3S/c20-15-8-17-16(25-11-26-17)6-13(15)9-21-23-18(24)7-14-10-27-19(22-14)12-4-2-1-3-5-12/h1-6,8-10H,7,11H2,(H,23,24). The van der Waals surface area contributed by atoms with E-state index in [9.17, 15) is 4.79 Å². The van der Waals surface area contributed by atoms with Gasteiger partial charge in [-0.15, -0.1) is 11.3 Å². The summed E-state index contributed by atoms with van der Waals surface area (Å²) in [5, 5.41) is 7.18. The normalized spacial score (nSPS) is 12.5. The van der Waals surface area contributed by atoms with Gasteiger partial charge in [0, 0.05) is 22.6 Å². The van der Waals surface area contributed by atoms with Crippen LogP contribution >= 0.6 is 22.9 Å². The van der Waals surface area contributed by atoms with Crippen molar-refractivity contribution in [2.45, 2.75) is 6.42 Å². The van der Waals surface area contributed by atoms with Gasteiger partial charge in [0.15, 0.2) is 11.5 Å². The molecule has 1 aliphatic rings. The highest BCUT2D eigenvalue weighted by Gasteiger charge is 2.15. The number of thiazole rings is 1. The SMILES string of the molecule is O=C(Cc1csc(-c2ccccc2)n1)NN=Cc1cc2c(cc1Cl)OCO2. The molecule has 1 N–H and O–H groups in total. The van der Waals surface area contributed by atoms with E-state index in [1.807, 2.05) is 35.7 Å². The van der Waals surface area contributed by atoms with E-state index < -0.39 is 0 Å². The summed E-state index contributed by atoms with van der Waals surface area (Å²) in [5.41, 5.74) is 4.85. The van der Waals surface area contributed by atoms with Crippen LogP contribution in [0.2, 0.25) is 5.02 Å². The number of hydrazone groups is 1. The summed E-state index contributed by atoms with van der Waals surface area (Å²) in [7, 11) is 0. The molecule has 3 aromatic rings. The fraction of sp³-hybridized carbons (Fsp3) is 0.105. The number of ether oxygens (including phenoxy) is 2. The quantitative estimate of drug-likeness (QED) is 0.522. The Hall–Kier alpha value is -2.90. The first-order valence-corrected chi connectivity index (χ1v) is 9.36. The lowest BCUT2D eigenvalue weighted by Gasteiger charge is -2.01. The van der Waals surface area contributed by atoms with Gasteiger partial charge >= 0.3 is 0 Å². The average Bonchev–Trinajstić information content (AvgIpc) is 3.32. The van der Waals surface area contributed by atoms with E-state index in [0.29, 0.717) is 27.8 Å². The van der Waals surface area contributed by atoms with Crippen LogP contribution in [-0.4, -0.2) is 23.9 Å². The molecular formula is C19H14ClN3O3S. The van der Waals surface area contributed by atoms with Gasteiger partial charge < -0.3 is 9.47 Å². The summed E-state index contributed by atoms with van der Waals surface area (Å²) in [6, 6.07) is 13.2. The molecule has 0 spiro atoms. The first kappa shape index (κ1) is 17.5. The third kappa shape index (κ3) is 4.10. The fourth-order valence-corrected chi connectivity index (χ4v) is 3.54. The van der Waals surface area contributed by atoms with Gasteiger partial charge in [-0.3, -0.25) is 4.79 Å². The maximum atomic E-state index is 12.1. The Morgan fingerprint density at radius 3 is 2.85 bits per heavy atom. The molecule has 2 heterocycles. The van der Waals surface area contributed by atoms with E-state index in [2.05, 4.69) is 15.5 Å². The topological polar surface area (TPSA) is 72.8 Å². The number of nitrogens with one attached hydrogen (secondary N) is 1. The maximum absolute atomic E-state index is 12.1. The molecule has 136 valence electrons. The Labute approximate surface area is 164 Å². The molecular weight excluding hydrogens is 386 g/mol. The van der Waals surface area contributed by atoms with Crippen LogP contribution in [0.1, 0.15) is 11.3 Å². The fourth-order valence-electron chi connectivity index (χ4n) is 2.51. The highest BCUT2D eigenvalue weighted by atomic mass is 35.5. The zero-order chi connectivity index (χ0) is 18.6. The van der Waals surface area contributed by atoms with Gasteiger partial charge in [0.2, 0.25) is 12.7 Å². The lowest BCUT2D eigenvalue weighted by Crippen LogP contribution is -2.19. The maximum Gasteiger partial charge on any atom is 0.246 e. The van der Waals surface area contributed by atoms with Crippen LogP contribution in [0.5, 0.6) is 11.5 Å². The number of halogens is 1. The minimum Gasteiger partial charge on any atom is -0.454 e. The van der Waals surface area contributed by atoms with Crippen molar-refractivity contribution in [3.05, 3.63) is 64.1 Å². The van der Waals surface area contributed by atoms with Gasteiger partial charge in [-0.1, -0.05) is 41.9 Å². The molecule has 0 fully saturated rings. The lowest BCUT2D eigenvalue weighted by molar-refractivity contribution is -0.120. The van der Waals surface area contributed by atoms with Crippen LogP contribution in [0.3, 0.4) is 0 Å². The van der Waals surface area contributed by atoms with Crippen LogP contribution in [0.25, 0.3) is 10.6 Å². The van der Waals surface area contributed by atoms with Gasteiger partial charge in [0.1, 0.15) is 5.01 Å². The Morgan fingerprint density at radius 1 is 1.26 bits per heavy atom. The largest absolute Gasteiger partial charge is 0.454 e. The molecule has 0 saturated heterocycles. The molecule has 8 heteroatoms. The van der Waals surface area contributed by atoms with E-state index in [1.165, 1.54) is 17.6 Å². The van der Waals surface area contributed by atoms with Crippen molar-refractivity contribution in [3.8, 4) is 22.1 Å². The number of rotatable bonds is 5. The predicted molar refractivity (Wildman–Crippen MR) is 105 cm³/mol. The smallest absolute Gasteiger partial charge is 0.246 e. The van der Waals surface area contributed by atoms with Gasteiger partial charge in [-0.05, 0) is 6.07 Å². The minimum atomic E-state index is -0.256. The number of carbonyl (C=O) groups excluding carboxylic acids is 1.